The Kier molecular flexibility index (Phi) is 4.87. The summed E-state index contributed by atoms with van der Waals surface area (Å²) in [6.07, 6.45) is -3.23. The summed E-state index contributed by atoms with van der Waals surface area (Å²) in [6, 6.07) is 19.4. The number of para-hydroxylation sites is 2. The third kappa shape index (κ3) is 3.34. The molecule has 0 saturated heterocycles. The van der Waals surface area contributed by atoms with E-state index in [9.17, 15) is 18.3 Å². The number of nitrogens with two attached hydrogens (primary N) is 1. The van der Waals surface area contributed by atoms with E-state index in [0.29, 0.717) is 27.6 Å². The number of phenols is 1. The maximum absolute atomic E-state index is 13.6. The van der Waals surface area contributed by atoms with E-state index >= 15 is 0 Å². The van der Waals surface area contributed by atoms with Crippen molar-refractivity contribution in [1.29, 1.82) is 0 Å². The predicted molar refractivity (Wildman–Crippen MR) is 110 cm³/mol. The maximum Gasteiger partial charge on any atom is 0.418 e. The van der Waals surface area contributed by atoms with Crippen molar-refractivity contribution in [2.24, 2.45) is 10.9 Å². The highest BCUT2D eigenvalue weighted by molar-refractivity contribution is 6.20. The van der Waals surface area contributed by atoms with E-state index in [4.69, 9.17) is 5.84 Å². The molecule has 4 rings (SSSR count). The lowest BCUT2D eigenvalue weighted by molar-refractivity contribution is -0.136. The fourth-order valence-corrected chi connectivity index (χ4v) is 3.51. The molecule has 30 heavy (non-hydrogen) atoms. The summed E-state index contributed by atoms with van der Waals surface area (Å²) >= 11 is 0. The molecule has 0 atom stereocenters. The highest BCUT2D eigenvalue weighted by atomic mass is 19.4. The van der Waals surface area contributed by atoms with Crippen LogP contribution >= 0.6 is 0 Å². The van der Waals surface area contributed by atoms with Gasteiger partial charge in [-0.05, 0) is 23.8 Å². The molecule has 0 bridgehead atoms. The van der Waals surface area contributed by atoms with Gasteiger partial charge in [-0.3, -0.25) is 4.98 Å². The molecule has 0 aliphatic carbocycles. The zero-order valence-electron chi connectivity index (χ0n) is 15.6. The second-order valence-electron chi connectivity index (χ2n) is 6.61. The average molecular weight is 407 g/mol. The number of hydrogen-bond acceptors (Lipinski definition) is 4. The molecular weight excluding hydrogens is 391 g/mol. The van der Waals surface area contributed by atoms with Crippen LogP contribution in [0.4, 0.5) is 13.2 Å². The van der Waals surface area contributed by atoms with Crippen molar-refractivity contribution >= 4 is 16.6 Å². The Bertz CT molecular complexity index is 1250. The van der Waals surface area contributed by atoms with Crippen molar-refractivity contribution in [1.82, 2.24) is 4.98 Å². The molecular formula is C23H16F3N3O. The van der Waals surface area contributed by atoms with Gasteiger partial charge in [0.15, 0.2) is 0 Å². The lowest BCUT2D eigenvalue weighted by Gasteiger charge is -2.17. The number of fused-ring (bicyclic) bond motifs is 1. The van der Waals surface area contributed by atoms with Crippen LogP contribution in [0.3, 0.4) is 0 Å². The molecule has 3 aromatic carbocycles. The van der Waals surface area contributed by atoms with Crippen molar-refractivity contribution < 1.29 is 18.3 Å². The molecule has 0 saturated carbocycles. The molecule has 0 amide bonds. The number of pyridine rings is 1. The molecule has 1 heterocycles. The SMILES string of the molecule is N/N=C(\c1ccccc1O)c1cnc2c(C(F)(F)F)cccc2c1-c1ccccc1. The summed E-state index contributed by atoms with van der Waals surface area (Å²) in [7, 11) is 0. The predicted octanol–water partition coefficient (Wildman–Crippen LogP) is 5.34. The normalized spacial score (nSPS) is 12.3. The zero-order valence-corrected chi connectivity index (χ0v) is 15.6. The van der Waals surface area contributed by atoms with E-state index in [-0.39, 0.29) is 17.0 Å². The smallest absolute Gasteiger partial charge is 0.418 e. The summed E-state index contributed by atoms with van der Waals surface area (Å²) in [5, 5.41) is 14.5. The Morgan fingerprint density at radius 1 is 0.867 bits per heavy atom. The number of nitrogens with zero attached hydrogens (tertiary/aromatic N) is 2. The first-order valence-corrected chi connectivity index (χ1v) is 9.02. The van der Waals surface area contributed by atoms with Gasteiger partial charge in [-0.15, -0.1) is 0 Å². The van der Waals surface area contributed by atoms with E-state index in [1.54, 1.807) is 48.5 Å². The fraction of sp³-hybridized carbons (Fsp3) is 0.0435. The Balaban J connectivity index is 2.10. The summed E-state index contributed by atoms with van der Waals surface area (Å²) in [5.41, 5.74) is 1.18. The molecule has 0 spiro atoms. The summed E-state index contributed by atoms with van der Waals surface area (Å²) in [5.74, 6) is 5.61. The van der Waals surface area contributed by atoms with Crippen molar-refractivity contribution in [2.45, 2.75) is 6.18 Å². The largest absolute Gasteiger partial charge is 0.507 e. The van der Waals surface area contributed by atoms with Crippen LogP contribution in [-0.2, 0) is 6.18 Å². The lowest BCUT2D eigenvalue weighted by atomic mass is 9.90. The highest BCUT2D eigenvalue weighted by Gasteiger charge is 2.34. The van der Waals surface area contributed by atoms with Gasteiger partial charge in [-0.1, -0.05) is 54.6 Å². The van der Waals surface area contributed by atoms with E-state index in [1.807, 2.05) is 6.07 Å². The first-order valence-electron chi connectivity index (χ1n) is 9.02. The van der Waals surface area contributed by atoms with Gasteiger partial charge in [0.2, 0.25) is 0 Å². The standard InChI is InChI=1S/C23H16F3N3O/c24-23(25,26)18-11-6-10-16-20(14-7-2-1-3-8-14)17(13-28-22(16)18)21(29-27)15-9-4-5-12-19(15)30/h1-13,30H,27H2/b29-21+. The number of hydrazone groups is 1. The Hall–Kier alpha value is -3.87. The van der Waals surface area contributed by atoms with Crippen LogP contribution in [0, 0.1) is 0 Å². The Morgan fingerprint density at radius 2 is 1.57 bits per heavy atom. The third-order valence-electron chi connectivity index (χ3n) is 4.81. The van der Waals surface area contributed by atoms with Crippen LogP contribution in [0.5, 0.6) is 5.75 Å². The van der Waals surface area contributed by atoms with Crippen molar-refractivity contribution in [3.63, 3.8) is 0 Å². The fourth-order valence-electron chi connectivity index (χ4n) is 3.51. The highest BCUT2D eigenvalue weighted by Crippen LogP contribution is 2.39. The monoisotopic (exact) mass is 407 g/mol. The van der Waals surface area contributed by atoms with Gasteiger partial charge < -0.3 is 10.9 Å². The second kappa shape index (κ2) is 7.51. The first-order chi connectivity index (χ1) is 14.4. The Morgan fingerprint density at radius 3 is 2.23 bits per heavy atom. The van der Waals surface area contributed by atoms with E-state index in [0.717, 1.165) is 6.07 Å². The molecule has 1 aromatic heterocycles. The number of halogens is 3. The van der Waals surface area contributed by atoms with Crippen LogP contribution in [0.1, 0.15) is 16.7 Å². The van der Waals surface area contributed by atoms with Crippen LogP contribution in [0.2, 0.25) is 0 Å². The number of rotatable bonds is 3. The van der Waals surface area contributed by atoms with E-state index in [1.165, 1.54) is 18.3 Å². The van der Waals surface area contributed by atoms with Crippen LogP contribution in [0.25, 0.3) is 22.0 Å². The zero-order chi connectivity index (χ0) is 21.3. The molecule has 0 aliphatic rings. The lowest BCUT2D eigenvalue weighted by Crippen LogP contribution is -2.11. The molecule has 3 N–H and O–H groups in total. The minimum absolute atomic E-state index is 0.0511. The molecule has 0 aliphatic heterocycles. The minimum Gasteiger partial charge on any atom is -0.507 e. The first kappa shape index (κ1) is 19.4. The number of hydrogen-bond donors (Lipinski definition) is 2. The summed E-state index contributed by atoms with van der Waals surface area (Å²) in [4.78, 5) is 4.12. The summed E-state index contributed by atoms with van der Waals surface area (Å²) in [6.45, 7) is 0. The van der Waals surface area contributed by atoms with Gasteiger partial charge in [0.25, 0.3) is 0 Å². The second-order valence-corrected chi connectivity index (χ2v) is 6.61. The molecule has 4 aromatic rings. The molecule has 7 heteroatoms. The molecule has 4 nitrogen and oxygen atoms in total. The van der Waals surface area contributed by atoms with Gasteiger partial charge >= 0.3 is 6.18 Å². The van der Waals surface area contributed by atoms with Gasteiger partial charge in [-0.25, -0.2) is 0 Å². The van der Waals surface area contributed by atoms with E-state index < -0.39 is 11.7 Å². The van der Waals surface area contributed by atoms with Crippen molar-refractivity contribution in [3.8, 4) is 16.9 Å². The van der Waals surface area contributed by atoms with Crippen LogP contribution < -0.4 is 5.84 Å². The average Bonchev–Trinajstić information content (AvgIpc) is 2.74. The number of alkyl halides is 3. The number of aromatic nitrogens is 1. The van der Waals surface area contributed by atoms with Crippen molar-refractivity contribution in [2.75, 3.05) is 0 Å². The molecule has 0 fully saturated rings. The molecule has 0 radical (unpaired) electrons. The van der Waals surface area contributed by atoms with Crippen molar-refractivity contribution in [3.05, 3.63) is 95.7 Å². The Labute approximate surface area is 170 Å². The summed E-state index contributed by atoms with van der Waals surface area (Å²) < 4.78 is 40.7. The third-order valence-corrected chi connectivity index (χ3v) is 4.81. The van der Waals surface area contributed by atoms with Gasteiger partial charge in [0, 0.05) is 28.3 Å². The molecule has 0 unspecified atom stereocenters. The van der Waals surface area contributed by atoms with Gasteiger partial charge in [0.1, 0.15) is 11.5 Å². The van der Waals surface area contributed by atoms with Crippen LogP contribution in [0.15, 0.2) is 84.1 Å². The van der Waals surface area contributed by atoms with Crippen LogP contribution in [-0.4, -0.2) is 15.8 Å². The van der Waals surface area contributed by atoms with E-state index in [2.05, 4.69) is 10.1 Å². The van der Waals surface area contributed by atoms with Gasteiger partial charge in [0.05, 0.1) is 11.1 Å². The van der Waals surface area contributed by atoms with Gasteiger partial charge in [-0.2, -0.15) is 18.3 Å². The molecule has 150 valence electrons. The quantitative estimate of drug-likeness (QED) is 0.274. The number of aromatic hydroxyl groups is 1. The minimum atomic E-state index is -4.55. The maximum atomic E-state index is 13.6. The number of phenolic OH excluding ortho intramolecular Hbond substituents is 1. The topological polar surface area (TPSA) is 71.5 Å². The number of benzene rings is 3.